The van der Waals surface area contributed by atoms with Crippen LogP contribution < -0.4 is 10.2 Å². The van der Waals surface area contributed by atoms with Gasteiger partial charge in [-0.25, -0.2) is 4.98 Å². The van der Waals surface area contributed by atoms with E-state index in [0.717, 1.165) is 46.5 Å². The molecule has 35 heavy (non-hydrogen) atoms. The number of aromatic nitrogens is 1. The minimum absolute atomic E-state index is 0.0341. The van der Waals surface area contributed by atoms with Crippen molar-refractivity contribution in [2.75, 3.05) is 36.4 Å². The maximum absolute atomic E-state index is 13.8. The summed E-state index contributed by atoms with van der Waals surface area (Å²) in [4.78, 5) is 34.2. The van der Waals surface area contributed by atoms with Gasteiger partial charge in [0.1, 0.15) is 0 Å². The molecule has 1 aliphatic rings. The first kappa shape index (κ1) is 22.6. The van der Waals surface area contributed by atoms with Crippen LogP contribution in [0.3, 0.4) is 0 Å². The number of hydrogen-bond acceptors (Lipinski definition) is 4. The van der Waals surface area contributed by atoms with Gasteiger partial charge in [-0.3, -0.25) is 9.59 Å². The van der Waals surface area contributed by atoms with Crippen LogP contribution in [0, 0.1) is 6.92 Å². The maximum atomic E-state index is 13.8. The molecule has 2 heterocycles. The maximum Gasteiger partial charge on any atom is 0.254 e. The van der Waals surface area contributed by atoms with Gasteiger partial charge in [-0.05, 0) is 49.4 Å². The molecule has 0 spiro atoms. The number of pyridine rings is 1. The van der Waals surface area contributed by atoms with Crippen LogP contribution in [0.25, 0.3) is 22.2 Å². The van der Waals surface area contributed by atoms with E-state index in [4.69, 9.17) is 4.98 Å². The molecule has 1 N–H and O–H groups in total. The second-order valence-corrected chi connectivity index (χ2v) is 8.95. The van der Waals surface area contributed by atoms with E-state index in [1.807, 2.05) is 78.6 Å². The van der Waals surface area contributed by atoms with E-state index in [1.165, 1.54) is 12.6 Å². The fourth-order valence-corrected chi connectivity index (χ4v) is 4.57. The number of carbonyl (C=O) groups is 2. The lowest BCUT2D eigenvalue weighted by Crippen LogP contribution is -2.48. The molecule has 6 heteroatoms. The number of nitrogens with zero attached hydrogens (tertiary/aromatic N) is 3. The molecule has 2 amide bonds. The molecule has 0 bridgehead atoms. The second-order valence-electron chi connectivity index (χ2n) is 8.95. The summed E-state index contributed by atoms with van der Waals surface area (Å²) in [6.07, 6.45) is 0. The Bertz CT molecular complexity index is 1380. The minimum atomic E-state index is -0.114. The molecule has 0 unspecified atom stereocenters. The van der Waals surface area contributed by atoms with E-state index in [9.17, 15) is 9.59 Å². The van der Waals surface area contributed by atoms with Crippen LogP contribution in [0.15, 0.2) is 78.9 Å². The highest BCUT2D eigenvalue weighted by Crippen LogP contribution is 2.28. The van der Waals surface area contributed by atoms with Gasteiger partial charge in [-0.1, -0.05) is 42.0 Å². The zero-order valence-corrected chi connectivity index (χ0v) is 20.0. The number of hydrogen-bond donors (Lipinski definition) is 1. The largest absolute Gasteiger partial charge is 0.368 e. The van der Waals surface area contributed by atoms with E-state index < -0.39 is 0 Å². The van der Waals surface area contributed by atoms with E-state index in [1.54, 1.807) is 0 Å². The molecular weight excluding hydrogens is 436 g/mol. The van der Waals surface area contributed by atoms with Gasteiger partial charge >= 0.3 is 0 Å². The third-order valence-corrected chi connectivity index (χ3v) is 6.38. The number of amides is 2. The Morgan fingerprint density at radius 1 is 0.857 bits per heavy atom. The third-order valence-electron chi connectivity index (χ3n) is 6.38. The molecule has 0 radical (unpaired) electrons. The zero-order valence-electron chi connectivity index (χ0n) is 20.0. The minimum Gasteiger partial charge on any atom is -0.368 e. The highest BCUT2D eigenvalue weighted by molar-refractivity contribution is 6.07. The normalized spacial score (nSPS) is 13.7. The number of nitrogens with one attached hydrogen (secondary N) is 1. The summed E-state index contributed by atoms with van der Waals surface area (Å²) in [5, 5.41) is 3.66. The molecule has 3 aromatic carbocycles. The number of aryl methyl sites for hydroxylation is 1. The first-order valence-corrected chi connectivity index (χ1v) is 11.9. The summed E-state index contributed by atoms with van der Waals surface area (Å²) < 4.78 is 0. The van der Waals surface area contributed by atoms with Gasteiger partial charge < -0.3 is 15.1 Å². The Labute approximate surface area is 205 Å². The summed E-state index contributed by atoms with van der Waals surface area (Å²) >= 11 is 0. The van der Waals surface area contributed by atoms with Crippen molar-refractivity contribution in [2.24, 2.45) is 0 Å². The van der Waals surface area contributed by atoms with Crippen LogP contribution in [-0.2, 0) is 4.79 Å². The SMILES string of the molecule is CC(=O)Nc1ccc(-c2cc(C(=O)N3CCN(c4ccccc4)CC3)c3cc(C)ccc3n2)cc1. The summed E-state index contributed by atoms with van der Waals surface area (Å²) in [5.41, 5.74) is 6.11. The van der Waals surface area contributed by atoms with E-state index in [2.05, 4.69) is 22.3 Å². The fourth-order valence-electron chi connectivity index (χ4n) is 4.57. The third kappa shape index (κ3) is 4.87. The quantitative estimate of drug-likeness (QED) is 0.455. The first-order chi connectivity index (χ1) is 17.0. The average Bonchev–Trinajstić information content (AvgIpc) is 2.88. The topological polar surface area (TPSA) is 65.5 Å². The van der Waals surface area contributed by atoms with Gasteiger partial charge in [-0.15, -0.1) is 0 Å². The number of piperazine rings is 1. The molecule has 0 aliphatic carbocycles. The van der Waals surface area contributed by atoms with E-state index in [-0.39, 0.29) is 11.8 Å². The fraction of sp³-hybridized carbons (Fsp3) is 0.207. The van der Waals surface area contributed by atoms with Crippen LogP contribution in [0.2, 0.25) is 0 Å². The average molecular weight is 465 g/mol. The van der Waals surface area contributed by atoms with Crippen molar-refractivity contribution < 1.29 is 9.59 Å². The first-order valence-electron chi connectivity index (χ1n) is 11.9. The number of benzene rings is 3. The lowest BCUT2D eigenvalue weighted by atomic mass is 10.0. The van der Waals surface area contributed by atoms with Crippen molar-refractivity contribution in [2.45, 2.75) is 13.8 Å². The summed E-state index contributed by atoms with van der Waals surface area (Å²) in [6, 6.07) is 25.8. The molecule has 176 valence electrons. The molecule has 6 nitrogen and oxygen atoms in total. The van der Waals surface area contributed by atoms with Crippen molar-refractivity contribution in [3.63, 3.8) is 0 Å². The highest BCUT2D eigenvalue weighted by Gasteiger charge is 2.24. The summed E-state index contributed by atoms with van der Waals surface area (Å²) in [6.45, 7) is 6.46. The highest BCUT2D eigenvalue weighted by atomic mass is 16.2. The number of fused-ring (bicyclic) bond motifs is 1. The van der Waals surface area contributed by atoms with Crippen LogP contribution in [0.5, 0.6) is 0 Å². The molecule has 0 saturated carbocycles. The van der Waals surface area contributed by atoms with Crippen LogP contribution in [-0.4, -0.2) is 47.9 Å². The van der Waals surface area contributed by atoms with Gasteiger partial charge in [0.05, 0.1) is 16.8 Å². The van der Waals surface area contributed by atoms with Gasteiger partial charge in [0.2, 0.25) is 5.91 Å². The number of rotatable bonds is 4. The monoisotopic (exact) mass is 464 g/mol. The molecule has 0 atom stereocenters. The molecule has 1 fully saturated rings. The van der Waals surface area contributed by atoms with Gasteiger partial charge in [-0.2, -0.15) is 0 Å². The molecule has 5 rings (SSSR count). The van der Waals surface area contributed by atoms with Crippen molar-refractivity contribution in [1.29, 1.82) is 0 Å². The predicted molar refractivity (Wildman–Crippen MR) is 141 cm³/mol. The lowest BCUT2D eigenvalue weighted by molar-refractivity contribution is -0.114. The Kier molecular flexibility index (Phi) is 6.19. The van der Waals surface area contributed by atoms with Crippen molar-refractivity contribution in [3.8, 4) is 11.3 Å². The van der Waals surface area contributed by atoms with Crippen molar-refractivity contribution in [3.05, 3.63) is 90.0 Å². The molecular formula is C29H28N4O2. The Balaban J connectivity index is 1.45. The molecule has 4 aromatic rings. The van der Waals surface area contributed by atoms with Crippen molar-refractivity contribution >= 4 is 34.1 Å². The summed E-state index contributed by atoms with van der Waals surface area (Å²) in [5.74, 6) is -0.0796. The van der Waals surface area contributed by atoms with Gasteiger partial charge in [0, 0.05) is 55.4 Å². The predicted octanol–water partition coefficient (Wildman–Crippen LogP) is 5.13. The van der Waals surface area contributed by atoms with E-state index >= 15 is 0 Å². The summed E-state index contributed by atoms with van der Waals surface area (Å²) in [7, 11) is 0. The number of anilines is 2. The van der Waals surface area contributed by atoms with Gasteiger partial charge in [0.25, 0.3) is 5.91 Å². The number of carbonyl (C=O) groups excluding carboxylic acids is 2. The molecule has 1 aromatic heterocycles. The van der Waals surface area contributed by atoms with Crippen LogP contribution >= 0.6 is 0 Å². The van der Waals surface area contributed by atoms with E-state index in [0.29, 0.717) is 18.7 Å². The van der Waals surface area contributed by atoms with Crippen LogP contribution in [0.4, 0.5) is 11.4 Å². The smallest absolute Gasteiger partial charge is 0.254 e. The van der Waals surface area contributed by atoms with Crippen molar-refractivity contribution in [1.82, 2.24) is 9.88 Å². The second kappa shape index (κ2) is 9.58. The Hall–Kier alpha value is -4.19. The lowest BCUT2D eigenvalue weighted by Gasteiger charge is -2.36. The molecule has 1 saturated heterocycles. The zero-order chi connectivity index (χ0) is 24.4. The van der Waals surface area contributed by atoms with Gasteiger partial charge in [0.15, 0.2) is 0 Å². The van der Waals surface area contributed by atoms with Crippen LogP contribution in [0.1, 0.15) is 22.8 Å². The molecule has 1 aliphatic heterocycles. The number of para-hydroxylation sites is 1. The Morgan fingerprint density at radius 3 is 2.26 bits per heavy atom. The standard InChI is InChI=1S/C29H28N4O2/c1-20-8-13-27-25(18-20)26(19-28(31-27)22-9-11-23(12-10-22)30-21(2)34)29(35)33-16-14-32(15-17-33)24-6-4-3-5-7-24/h3-13,18-19H,14-17H2,1-2H3,(H,30,34). The Morgan fingerprint density at radius 2 is 1.57 bits per heavy atom.